The van der Waals surface area contributed by atoms with Crippen molar-refractivity contribution in [3.63, 3.8) is 0 Å². The number of amides is 1. The van der Waals surface area contributed by atoms with Crippen LogP contribution in [0.3, 0.4) is 0 Å². The van der Waals surface area contributed by atoms with E-state index in [-0.39, 0.29) is 5.91 Å². The van der Waals surface area contributed by atoms with Crippen LogP contribution in [0.25, 0.3) is 10.9 Å². The smallest absolute Gasteiger partial charge is 0.272 e. The second-order valence-corrected chi connectivity index (χ2v) is 7.30. The largest absolute Gasteiger partial charge is 0.489 e. The fourth-order valence-electron chi connectivity index (χ4n) is 3.35. The maximum atomic E-state index is 12.1. The Morgan fingerprint density at radius 2 is 1.94 bits per heavy atom. The zero-order valence-corrected chi connectivity index (χ0v) is 17.9. The van der Waals surface area contributed by atoms with Crippen LogP contribution in [0.5, 0.6) is 17.2 Å². The lowest BCUT2D eigenvalue weighted by Gasteiger charge is -2.12. The van der Waals surface area contributed by atoms with Gasteiger partial charge in [-0.05, 0) is 61.0 Å². The molecular formula is C26H25N3O3. The average molecular weight is 428 g/mol. The topological polar surface area (TPSA) is 76.2 Å². The number of fused-ring (bicyclic) bond motifs is 1. The third-order valence-electron chi connectivity index (χ3n) is 4.85. The van der Waals surface area contributed by atoms with Crippen LogP contribution in [0.15, 0.2) is 79.5 Å². The Hall–Kier alpha value is -4.06. The lowest BCUT2D eigenvalue weighted by Crippen LogP contribution is -2.11. The highest BCUT2D eigenvalue weighted by Crippen LogP contribution is 2.32. The van der Waals surface area contributed by atoms with Crippen molar-refractivity contribution in [2.24, 2.45) is 0 Å². The van der Waals surface area contributed by atoms with Gasteiger partial charge in [0, 0.05) is 29.0 Å². The first kappa shape index (κ1) is 21.2. The number of aromatic nitrogens is 2. The molecule has 2 aromatic carbocycles. The molecule has 4 rings (SSSR count). The molecular weight excluding hydrogens is 402 g/mol. The number of aromatic amines is 1. The SMILES string of the molecule is C=CCOc1cc(CCC)nc2ccc(Oc3ccc(NC(=O)c4ccc[nH]4)cc3)cc12. The summed E-state index contributed by atoms with van der Waals surface area (Å²) in [5, 5.41) is 3.73. The van der Waals surface area contributed by atoms with Crippen molar-refractivity contribution in [2.45, 2.75) is 19.8 Å². The Kier molecular flexibility index (Phi) is 6.51. The molecule has 4 aromatic rings. The van der Waals surface area contributed by atoms with Crippen LogP contribution in [0.4, 0.5) is 5.69 Å². The number of anilines is 1. The zero-order valence-electron chi connectivity index (χ0n) is 17.9. The summed E-state index contributed by atoms with van der Waals surface area (Å²) in [4.78, 5) is 19.8. The summed E-state index contributed by atoms with van der Waals surface area (Å²) in [6, 6.07) is 18.5. The molecule has 0 spiro atoms. The van der Waals surface area contributed by atoms with Gasteiger partial charge in [-0.2, -0.15) is 0 Å². The van der Waals surface area contributed by atoms with Gasteiger partial charge in [0.15, 0.2) is 0 Å². The highest BCUT2D eigenvalue weighted by Gasteiger charge is 2.10. The Bertz CT molecular complexity index is 1220. The minimum atomic E-state index is -0.194. The van der Waals surface area contributed by atoms with E-state index in [0.29, 0.717) is 29.5 Å². The van der Waals surface area contributed by atoms with Gasteiger partial charge in [0.1, 0.15) is 29.5 Å². The molecule has 0 bridgehead atoms. The molecule has 0 unspecified atom stereocenters. The van der Waals surface area contributed by atoms with Crippen LogP contribution in [-0.2, 0) is 6.42 Å². The number of carbonyl (C=O) groups excluding carboxylic acids is 1. The number of ether oxygens (including phenoxy) is 2. The minimum Gasteiger partial charge on any atom is -0.489 e. The predicted octanol–water partition coefficient (Wildman–Crippen LogP) is 6.12. The first-order valence-corrected chi connectivity index (χ1v) is 10.6. The summed E-state index contributed by atoms with van der Waals surface area (Å²) in [7, 11) is 0. The number of rotatable bonds is 9. The number of nitrogens with one attached hydrogen (secondary N) is 2. The van der Waals surface area contributed by atoms with Crippen LogP contribution in [0.2, 0.25) is 0 Å². The van der Waals surface area contributed by atoms with E-state index in [0.717, 1.165) is 35.2 Å². The van der Waals surface area contributed by atoms with Crippen molar-refractivity contribution >= 4 is 22.5 Å². The summed E-state index contributed by atoms with van der Waals surface area (Å²) >= 11 is 0. The van der Waals surface area contributed by atoms with Gasteiger partial charge in [0.05, 0.1) is 5.52 Å². The van der Waals surface area contributed by atoms with Crippen molar-refractivity contribution in [1.82, 2.24) is 9.97 Å². The fraction of sp³-hybridized carbons (Fsp3) is 0.154. The molecule has 162 valence electrons. The molecule has 0 aliphatic carbocycles. The lowest BCUT2D eigenvalue weighted by molar-refractivity contribution is 0.102. The highest BCUT2D eigenvalue weighted by molar-refractivity contribution is 6.02. The normalized spacial score (nSPS) is 10.7. The molecule has 2 aromatic heterocycles. The molecule has 0 saturated carbocycles. The number of nitrogens with zero attached hydrogens (tertiary/aromatic N) is 1. The molecule has 2 heterocycles. The number of pyridine rings is 1. The second kappa shape index (κ2) is 9.83. The molecule has 32 heavy (non-hydrogen) atoms. The van der Waals surface area contributed by atoms with Gasteiger partial charge < -0.3 is 19.8 Å². The van der Waals surface area contributed by atoms with E-state index in [1.165, 1.54) is 0 Å². The van der Waals surface area contributed by atoms with E-state index in [1.54, 1.807) is 36.5 Å². The van der Waals surface area contributed by atoms with Crippen LogP contribution in [-0.4, -0.2) is 22.5 Å². The van der Waals surface area contributed by atoms with Crippen LogP contribution < -0.4 is 14.8 Å². The Labute approximate surface area is 186 Å². The molecule has 1 amide bonds. The molecule has 0 radical (unpaired) electrons. The molecule has 6 heteroatoms. The Balaban J connectivity index is 1.52. The van der Waals surface area contributed by atoms with Crippen molar-refractivity contribution in [3.8, 4) is 17.2 Å². The summed E-state index contributed by atoms with van der Waals surface area (Å²) in [5.74, 6) is 1.91. The van der Waals surface area contributed by atoms with E-state index >= 15 is 0 Å². The first-order valence-electron chi connectivity index (χ1n) is 10.6. The van der Waals surface area contributed by atoms with E-state index in [4.69, 9.17) is 14.5 Å². The standard InChI is InChI=1S/C26H25N3O3/c1-3-6-19-16-25(31-15-4-2)22-17-21(12-13-23(22)28-19)32-20-10-8-18(9-11-20)29-26(30)24-7-5-14-27-24/h4-5,7-14,16-17,27H,2-3,6,15H2,1H3,(H,29,30). The van der Waals surface area contributed by atoms with Gasteiger partial charge in [0.2, 0.25) is 0 Å². The Morgan fingerprint density at radius 3 is 2.66 bits per heavy atom. The van der Waals surface area contributed by atoms with Gasteiger partial charge in [-0.1, -0.05) is 26.0 Å². The van der Waals surface area contributed by atoms with E-state index in [2.05, 4.69) is 23.8 Å². The molecule has 0 aliphatic heterocycles. The van der Waals surface area contributed by atoms with Gasteiger partial charge in [-0.15, -0.1) is 0 Å². The van der Waals surface area contributed by atoms with Gasteiger partial charge >= 0.3 is 0 Å². The third kappa shape index (κ3) is 4.98. The summed E-state index contributed by atoms with van der Waals surface area (Å²) in [6.07, 6.45) is 5.35. The van der Waals surface area contributed by atoms with E-state index in [9.17, 15) is 4.79 Å². The fourth-order valence-corrected chi connectivity index (χ4v) is 3.35. The predicted molar refractivity (Wildman–Crippen MR) is 127 cm³/mol. The quantitative estimate of drug-likeness (QED) is 0.315. The summed E-state index contributed by atoms with van der Waals surface area (Å²) in [5.41, 5.74) is 3.06. The van der Waals surface area contributed by atoms with Gasteiger partial charge in [0.25, 0.3) is 5.91 Å². The molecule has 2 N–H and O–H groups in total. The van der Waals surface area contributed by atoms with Gasteiger partial charge in [-0.3, -0.25) is 9.78 Å². The first-order chi connectivity index (χ1) is 15.7. The minimum absolute atomic E-state index is 0.194. The average Bonchev–Trinajstić information content (AvgIpc) is 3.34. The summed E-state index contributed by atoms with van der Waals surface area (Å²) < 4.78 is 11.9. The lowest BCUT2D eigenvalue weighted by atomic mass is 10.1. The van der Waals surface area contributed by atoms with Crippen LogP contribution >= 0.6 is 0 Å². The second-order valence-electron chi connectivity index (χ2n) is 7.30. The number of H-pyrrole nitrogens is 1. The molecule has 0 aliphatic rings. The van der Waals surface area contributed by atoms with Crippen molar-refractivity contribution in [1.29, 1.82) is 0 Å². The van der Waals surface area contributed by atoms with Crippen molar-refractivity contribution in [2.75, 3.05) is 11.9 Å². The number of carbonyl (C=O) groups is 1. The maximum Gasteiger partial charge on any atom is 0.272 e. The molecule has 6 nitrogen and oxygen atoms in total. The number of aryl methyl sites for hydroxylation is 1. The molecule has 0 atom stereocenters. The van der Waals surface area contributed by atoms with Crippen LogP contribution in [0.1, 0.15) is 29.5 Å². The van der Waals surface area contributed by atoms with Crippen LogP contribution in [0, 0.1) is 0 Å². The maximum absolute atomic E-state index is 12.1. The Morgan fingerprint density at radius 1 is 1.12 bits per heavy atom. The monoisotopic (exact) mass is 427 g/mol. The van der Waals surface area contributed by atoms with E-state index < -0.39 is 0 Å². The summed E-state index contributed by atoms with van der Waals surface area (Å²) in [6.45, 7) is 6.28. The third-order valence-corrected chi connectivity index (χ3v) is 4.85. The zero-order chi connectivity index (χ0) is 22.3. The van der Waals surface area contributed by atoms with Gasteiger partial charge in [-0.25, -0.2) is 0 Å². The molecule has 0 saturated heterocycles. The number of hydrogen-bond donors (Lipinski definition) is 2. The molecule has 0 fully saturated rings. The number of hydrogen-bond acceptors (Lipinski definition) is 4. The van der Waals surface area contributed by atoms with Crippen molar-refractivity contribution < 1.29 is 14.3 Å². The van der Waals surface area contributed by atoms with Crippen molar-refractivity contribution in [3.05, 3.63) is 90.9 Å². The highest BCUT2D eigenvalue weighted by atomic mass is 16.5. The number of benzene rings is 2. The van der Waals surface area contributed by atoms with E-state index in [1.807, 2.05) is 36.4 Å².